The summed E-state index contributed by atoms with van der Waals surface area (Å²) < 4.78 is 39.7. The van der Waals surface area contributed by atoms with Crippen LogP contribution in [0.1, 0.15) is 0 Å². The van der Waals surface area contributed by atoms with E-state index < -0.39 is 17.5 Å². The fourth-order valence-corrected chi connectivity index (χ4v) is 1.77. The lowest BCUT2D eigenvalue weighted by Gasteiger charge is -2.06. The van der Waals surface area contributed by atoms with Crippen molar-refractivity contribution in [3.63, 3.8) is 0 Å². The van der Waals surface area contributed by atoms with E-state index >= 15 is 0 Å². The Balaban J connectivity index is 2.64. The van der Waals surface area contributed by atoms with E-state index in [0.717, 1.165) is 0 Å². The van der Waals surface area contributed by atoms with Crippen molar-refractivity contribution in [3.05, 3.63) is 57.8 Å². The predicted octanol–water partition coefficient (Wildman–Crippen LogP) is 5.08. The highest BCUT2D eigenvalue weighted by molar-refractivity contribution is 6.42. The maximum absolute atomic E-state index is 13.5. The van der Waals surface area contributed by atoms with Gasteiger partial charge in [-0.1, -0.05) is 29.3 Å². The lowest BCUT2D eigenvalue weighted by atomic mass is 10.0. The topological polar surface area (TPSA) is 0 Å². The van der Waals surface area contributed by atoms with Crippen LogP contribution >= 0.6 is 23.2 Å². The minimum atomic E-state index is -0.985. The Morgan fingerprint density at radius 2 is 1.35 bits per heavy atom. The Labute approximate surface area is 106 Å². The summed E-state index contributed by atoms with van der Waals surface area (Å²) in [7, 11) is 0. The summed E-state index contributed by atoms with van der Waals surface area (Å²) in [6.45, 7) is 0. The molecular formula is C12H5Cl2F3. The highest BCUT2D eigenvalue weighted by Crippen LogP contribution is 2.31. The Bertz CT molecular complexity index is 559. The van der Waals surface area contributed by atoms with Gasteiger partial charge in [0.05, 0.1) is 15.6 Å². The molecule has 0 fully saturated rings. The largest absolute Gasteiger partial charge is 0.207 e. The molecule has 0 aromatic heterocycles. The molecule has 0 aliphatic rings. The second-order valence-electron chi connectivity index (χ2n) is 3.37. The molecule has 0 unspecified atom stereocenters. The molecule has 0 saturated heterocycles. The molecule has 0 aliphatic heterocycles. The van der Waals surface area contributed by atoms with Crippen LogP contribution in [0, 0.1) is 17.5 Å². The lowest BCUT2D eigenvalue weighted by molar-refractivity contribution is 0.548. The van der Waals surface area contributed by atoms with Crippen molar-refractivity contribution in [1.82, 2.24) is 0 Å². The van der Waals surface area contributed by atoms with Crippen LogP contribution in [0.4, 0.5) is 13.2 Å². The lowest BCUT2D eigenvalue weighted by Crippen LogP contribution is -1.92. The van der Waals surface area contributed by atoms with Gasteiger partial charge in [-0.3, -0.25) is 0 Å². The van der Waals surface area contributed by atoms with Crippen molar-refractivity contribution in [3.8, 4) is 11.1 Å². The van der Waals surface area contributed by atoms with Gasteiger partial charge in [-0.15, -0.1) is 0 Å². The predicted molar refractivity (Wildman–Crippen MR) is 61.8 cm³/mol. The van der Waals surface area contributed by atoms with E-state index in [1.165, 1.54) is 18.2 Å². The monoisotopic (exact) mass is 276 g/mol. The second kappa shape index (κ2) is 4.59. The fraction of sp³-hybridized carbons (Fsp3) is 0. The number of hydrogen-bond donors (Lipinski definition) is 0. The Morgan fingerprint density at radius 3 is 1.88 bits per heavy atom. The van der Waals surface area contributed by atoms with Crippen LogP contribution < -0.4 is 0 Å². The summed E-state index contributed by atoms with van der Waals surface area (Å²) in [5.41, 5.74) is -0.126. The summed E-state index contributed by atoms with van der Waals surface area (Å²) >= 11 is 11.4. The molecule has 17 heavy (non-hydrogen) atoms. The molecule has 0 atom stereocenters. The van der Waals surface area contributed by atoms with E-state index in [-0.39, 0.29) is 21.2 Å². The van der Waals surface area contributed by atoms with Crippen molar-refractivity contribution >= 4 is 23.2 Å². The molecule has 0 nitrogen and oxygen atoms in total. The van der Waals surface area contributed by atoms with E-state index in [4.69, 9.17) is 23.2 Å². The minimum absolute atomic E-state index is 0.173. The molecule has 0 bridgehead atoms. The standard InChI is InChI=1S/C12H5Cl2F3/c13-8-2-1-6(3-9(8)14)12-10(16)4-7(15)5-11(12)17/h1-5H. The molecular weight excluding hydrogens is 272 g/mol. The van der Waals surface area contributed by atoms with Gasteiger partial charge >= 0.3 is 0 Å². The molecule has 0 amide bonds. The van der Waals surface area contributed by atoms with Crippen LogP contribution in [0.3, 0.4) is 0 Å². The molecule has 0 N–H and O–H groups in total. The molecule has 5 heteroatoms. The summed E-state index contributed by atoms with van der Waals surface area (Å²) in [6, 6.07) is 5.38. The van der Waals surface area contributed by atoms with Crippen molar-refractivity contribution < 1.29 is 13.2 Å². The van der Waals surface area contributed by atoms with Gasteiger partial charge in [-0.2, -0.15) is 0 Å². The highest BCUT2D eigenvalue weighted by Gasteiger charge is 2.14. The van der Waals surface area contributed by atoms with Gasteiger partial charge in [-0.05, 0) is 17.7 Å². The van der Waals surface area contributed by atoms with Gasteiger partial charge in [-0.25, -0.2) is 13.2 Å². The third kappa shape index (κ3) is 2.40. The van der Waals surface area contributed by atoms with Crippen LogP contribution in [0.2, 0.25) is 10.0 Å². The maximum atomic E-state index is 13.5. The Hall–Kier alpha value is -1.19. The van der Waals surface area contributed by atoms with Crippen LogP contribution in [0.5, 0.6) is 0 Å². The third-order valence-electron chi connectivity index (χ3n) is 2.22. The number of hydrogen-bond acceptors (Lipinski definition) is 0. The third-order valence-corrected chi connectivity index (χ3v) is 2.95. The smallest absolute Gasteiger partial charge is 0.136 e. The first-order valence-corrected chi connectivity index (χ1v) is 5.34. The molecule has 0 spiro atoms. The summed E-state index contributed by atoms with van der Waals surface area (Å²) in [5.74, 6) is -2.94. The Kier molecular flexibility index (Phi) is 3.31. The second-order valence-corrected chi connectivity index (χ2v) is 4.19. The first-order valence-electron chi connectivity index (χ1n) is 4.59. The van der Waals surface area contributed by atoms with Gasteiger partial charge in [0.1, 0.15) is 17.5 Å². The van der Waals surface area contributed by atoms with E-state index in [2.05, 4.69) is 0 Å². The summed E-state index contributed by atoms with van der Waals surface area (Å²) in [4.78, 5) is 0. The summed E-state index contributed by atoms with van der Waals surface area (Å²) in [6.07, 6.45) is 0. The minimum Gasteiger partial charge on any atom is -0.207 e. The van der Waals surface area contributed by atoms with Gasteiger partial charge in [0.2, 0.25) is 0 Å². The molecule has 88 valence electrons. The van der Waals surface area contributed by atoms with Crippen LogP contribution in [0.15, 0.2) is 30.3 Å². The SMILES string of the molecule is Fc1cc(F)c(-c2ccc(Cl)c(Cl)c2)c(F)c1. The van der Waals surface area contributed by atoms with Crippen LogP contribution in [-0.4, -0.2) is 0 Å². The van der Waals surface area contributed by atoms with E-state index in [1.54, 1.807) is 0 Å². The normalized spacial score (nSPS) is 10.6. The van der Waals surface area contributed by atoms with Gasteiger partial charge in [0.15, 0.2) is 0 Å². The zero-order valence-electron chi connectivity index (χ0n) is 8.28. The van der Waals surface area contributed by atoms with Crippen molar-refractivity contribution in [2.24, 2.45) is 0 Å². The first-order chi connectivity index (χ1) is 7.99. The van der Waals surface area contributed by atoms with Crippen molar-refractivity contribution in [2.45, 2.75) is 0 Å². The molecule has 0 radical (unpaired) electrons. The average Bonchev–Trinajstić information content (AvgIpc) is 2.21. The first kappa shape index (κ1) is 12.3. The van der Waals surface area contributed by atoms with Gasteiger partial charge in [0.25, 0.3) is 0 Å². The molecule has 0 aliphatic carbocycles. The summed E-state index contributed by atoms with van der Waals surface area (Å²) in [5, 5.41) is 0.450. The van der Waals surface area contributed by atoms with Crippen molar-refractivity contribution in [1.29, 1.82) is 0 Å². The highest BCUT2D eigenvalue weighted by atomic mass is 35.5. The molecule has 2 rings (SSSR count). The van der Waals surface area contributed by atoms with Gasteiger partial charge < -0.3 is 0 Å². The number of halogens is 5. The fourth-order valence-electron chi connectivity index (χ4n) is 1.47. The van der Waals surface area contributed by atoms with E-state index in [9.17, 15) is 13.2 Å². The zero-order valence-corrected chi connectivity index (χ0v) is 9.79. The maximum Gasteiger partial charge on any atom is 0.136 e. The van der Waals surface area contributed by atoms with E-state index in [0.29, 0.717) is 12.1 Å². The van der Waals surface area contributed by atoms with Crippen LogP contribution in [-0.2, 0) is 0 Å². The molecule has 2 aromatic rings. The number of rotatable bonds is 1. The quantitative estimate of drug-likeness (QED) is 0.682. The van der Waals surface area contributed by atoms with Crippen molar-refractivity contribution in [2.75, 3.05) is 0 Å². The zero-order chi connectivity index (χ0) is 12.6. The Morgan fingerprint density at radius 1 is 0.765 bits per heavy atom. The average molecular weight is 277 g/mol. The molecule has 0 saturated carbocycles. The number of benzene rings is 2. The van der Waals surface area contributed by atoms with Crippen LogP contribution in [0.25, 0.3) is 11.1 Å². The molecule has 0 heterocycles. The molecule has 2 aromatic carbocycles. The van der Waals surface area contributed by atoms with Gasteiger partial charge in [0, 0.05) is 12.1 Å². The van der Waals surface area contributed by atoms with E-state index in [1.807, 2.05) is 0 Å².